The lowest BCUT2D eigenvalue weighted by Gasteiger charge is -1.98. The molecular weight excluding hydrogens is 152 g/mol. The summed E-state index contributed by atoms with van der Waals surface area (Å²) in [5.74, 6) is 0. The SMILES string of the molecule is OB(O)c1cnccc1Cl. The van der Waals surface area contributed by atoms with Gasteiger partial charge >= 0.3 is 7.12 Å². The third-order valence-electron chi connectivity index (χ3n) is 1.07. The molecule has 0 amide bonds. The molecule has 0 spiro atoms. The van der Waals surface area contributed by atoms with Crippen LogP contribution in [0.5, 0.6) is 0 Å². The molecule has 0 atom stereocenters. The smallest absolute Gasteiger partial charge is 0.423 e. The van der Waals surface area contributed by atoms with Crippen LogP contribution in [0.2, 0.25) is 5.02 Å². The average molecular weight is 157 g/mol. The lowest BCUT2D eigenvalue weighted by molar-refractivity contribution is 0.425. The number of aromatic nitrogens is 1. The van der Waals surface area contributed by atoms with E-state index >= 15 is 0 Å². The van der Waals surface area contributed by atoms with Gasteiger partial charge in [-0.15, -0.1) is 0 Å². The van der Waals surface area contributed by atoms with Crippen LogP contribution in [0.15, 0.2) is 18.5 Å². The van der Waals surface area contributed by atoms with Crippen LogP contribution >= 0.6 is 11.6 Å². The third-order valence-corrected chi connectivity index (χ3v) is 1.42. The van der Waals surface area contributed by atoms with Gasteiger partial charge in [-0.25, -0.2) is 0 Å². The van der Waals surface area contributed by atoms with Crippen LogP contribution in [-0.2, 0) is 0 Å². The lowest BCUT2D eigenvalue weighted by atomic mass is 9.82. The molecule has 0 aliphatic heterocycles. The molecule has 0 radical (unpaired) electrons. The van der Waals surface area contributed by atoms with Gasteiger partial charge in [0.15, 0.2) is 0 Å². The fourth-order valence-electron chi connectivity index (χ4n) is 0.580. The van der Waals surface area contributed by atoms with Crippen LogP contribution in [0, 0.1) is 0 Å². The molecule has 0 unspecified atom stereocenters. The number of hydrogen-bond acceptors (Lipinski definition) is 3. The first-order chi connectivity index (χ1) is 4.72. The fraction of sp³-hybridized carbons (Fsp3) is 0. The maximum absolute atomic E-state index is 8.64. The van der Waals surface area contributed by atoms with Crippen molar-refractivity contribution in [2.75, 3.05) is 0 Å². The Kier molecular flexibility index (Phi) is 2.27. The summed E-state index contributed by atoms with van der Waals surface area (Å²) in [5, 5.41) is 17.6. The Hall–Kier alpha value is -0.575. The van der Waals surface area contributed by atoms with E-state index in [2.05, 4.69) is 4.98 Å². The van der Waals surface area contributed by atoms with E-state index in [-0.39, 0.29) is 5.46 Å². The molecule has 1 aromatic heterocycles. The van der Waals surface area contributed by atoms with Crippen LogP contribution < -0.4 is 5.46 Å². The van der Waals surface area contributed by atoms with Crippen LogP contribution in [0.4, 0.5) is 0 Å². The Morgan fingerprint density at radius 1 is 1.50 bits per heavy atom. The number of nitrogens with zero attached hydrogens (tertiary/aromatic N) is 1. The van der Waals surface area contributed by atoms with E-state index in [1.165, 1.54) is 18.5 Å². The van der Waals surface area contributed by atoms with E-state index in [0.717, 1.165) is 0 Å². The van der Waals surface area contributed by atoms with Gasteiger partial charge in [0.2, 0.25) is 0 Å². The molecule has 0 saturated carbocycles. The normalized spacial score (nSPS) is 9.50. The monoisotopic (exact) mass is 157 g/mol. The molecule has 5 heteroatoms. The maximum Gasteiger partial charge on any atom is 0.491 e. The standard InChI is InChI=1S/C5H5BClNO2/c7-5-1-2-8-3-4(5)6(9)10/h1-3,9-10H. The van der Waals surface area contributed by atoms with Gasteiger partial charge in [-0.05, 0) is 6.07 Å². The van der Waals surface area contributed by atoms with Crippen LogP contribution in [-0.4, -0.2) is 22.2 Å². The van der Waals surface area contributed by atoms with E-state index in [1.807, 2.05) is 0 Å². The lowest BCUT2D eigenvalue weighted by Crippen LogP contribution is -2.30. The minimum Gasteiger partial charge on any atom is -0.423 e. The van der Waals surface area contributed by atoms with Crippen molar-refractivity contribution < 1.29 is 10.0 Å². The average Bonchev–Trinajstić information content (AvgIpc) is 1.88. The zero-order chi connectivity index (χ0) is 7.56. The van der Waals surface area contributed by atoms with Crippen molar-refractivity contribution in [2.45, 2.75) is 0 Å². The van der Waals surface area contributed by atoms with Gasteiger partial charge in [-0.2, -0.15) is 0 Å². The van der Waals surface area contributed by atoms with Crippen molar-refractivity contribution >= 4 is 24.2 Å². The second-order valence-electron chi connectivity index (χ2n) is 1.77. The molecule has 0 aromatic carbocycles. The van der Waals surface area contributed by atoms with Crippen LogP contribution in [0.1, 0.15) is 0 Å². The van der Waals surface area contributed by atoms with Gasteiger partial charge < -0.3 is 10.0 Å². The fourth-order valence-corrected chi connectivity index (χ4v) is 0.782. The summed E-state index contributed by atoms with van der Waals surface area (Å²) >= 11 is 5.56. The molecule has 2 N–H and O–H groups in total. The largest absolute Gasteiger partial charge is 0.491 e. The van der Waals surface area contributed by atoms with Crippen molar-refractivity contribution in [3.8, 4) is 0 Å². The summed E-state index contributed by atoms with van der Waals surface area (Å²) in [6.45, 7) is 0. The van der Waals surface area contributed by atoms with Crippen molar-refractivity contribution in [1.82, 2.24) is 4.98 Å². The summed E-state index contributed by atoms with van der Waals surface area (Å²) in [4.78, 5) is 3.66. The highest BCUT2D eigenvalue weighted by molar-refractivity contribution is 6.62. The van der Waals surface area contributed by atoms with Gasteiger partial charge in [0, 0.05) is 22.9 Å². The summed E-state index contributed by atoms with van der Waals surface area (Å²) < 4.78 is 0. The van der Waals surface area contributed by atoms with E-state index in [1.54, 1.807) is 0 Å². The first-order valence-corrected chi connectivity index (χ1v) is 3.05. The molecule has 0 fully saturated rings. The number of halogens is 1. The van der Waals surface area contributed by atoms with Gasteiger partial charge in [0.25, 0.3) is 0 Å². The van der Waals surface area contributed by atoms with Crippen molar-refractivity contribution in [2.24, 2.45) is 0 Å². The first-order valence-electron chi connectivity index (χ1n) is 2.67. The maximum atomic E-state index is 8.64. The molecule has 3 nitrogen and oxygen atoms in total. The molecule has 0 bridgehead atoms. The molecular formula is C5H5BClNO2. The van der Waals surface area contributed by atoms with E-state index < -0.39 is 7.12 Å². The zero-order valence-corrected chi connectivity index (χ0v) is 5.78. The summed E-state index contributed by atoms with van der Waals surface area (Å²) in [6.07, 6.45) is 2.79. The highest BCUT2D eigenvalue weighted by Gasteiger charge is 2.13. The zero-order valence-electron chi connectivity index (χ0n) is 5.03. The highest BCUT2D eigenvalue weighted by Crippen LogP contribution is 2.01. The number of hydrogen-bond donors (Lipinski definition) is 2. The highest BCUT2D eigenvalue weighted by atomic mass is 35.5. The Bertz CT molecular complexity index is 231. The third kappa shape index (κ3) is 1.47. The Morgan fingerprint density at radius 3 is 2.60 bits per heavy atom. The molecule has 1 aromatic rings. The molecule has 0 saturated heterocycles. The van der Waals surface area contributed by atoms with Gasteiger partial charge in [-0.3, -0.25) is 4.98 Å². The second-order valence-corrected chi connectivity index (χ2v) is 2.18. The molecule has 1 heterocycles. The summed E-state index contributed by atoms with van der Waals surface area (Å²) in [6, 6.07) is 1.50. The molecule has 0 aliphatic rings. The molecule has 52 valence electrons. The van der Waals surface area contributed by atoms with Gasteiger partial charge in [0.05, 0.1) is 0 Å². The summed E-state index contributed by atoms with van der Waals surface area (Å²) in [7, 11) is -1.54. The van der Waals surface area contributed by atoms with Crippen LogP contribution in [0.3, 0.4) is 0 Å². The minimum absolute atomic E-state index is 0.226. The minimum atomic E-state index is -1.54. The topological polar surface area (TPSA) is 53.4 Å². The Labute approximate surface area is 63.4 Å². The first kappa shape index (κ1) is 7.53. The van der Waals surface area contributed by atoms with Gasteiger partial charge in [-0.1, -0.05) is 11.6 Å². The quantitative estimate of drug-likeness (QED) is 0.536. The summed E-state index contributed by atoms with van der Waals surface area (Å²) in [5.41, 5.74) is 0.226. The number of pyridine rings is 1. The van der Waals surface area contributed by atoms with Crippen molar-refractivity contribution in [3.63, 3.8) is 0 Å². The van der Waals surface area contributed by atoms with Gasteiger partial charge in [0.1, 0.15) is 0 Å². The van der Waals surface area contributed by atoms with Crippen LogP contribution in [0.25, 0.3) is 0 Å². The van der Waals surface area contributed by atoms with Crippen molar-refractivity contribution in [3.05, 3.63) is 23.5 Å². The second kappa shape index (κ2) is 3.01. The predicted octanol–water partition coefficient (Wildman–Crippen LogP) is -0.585. The Morgan fingerprint density at radius 2 is 2.20 bits per heavy atom. The van der Waals surface area contributed by atoms with E-state index in [9.17, 15) is 0 Å². The molecule has 10 heavy (non-hydrogen) atoms. The predicted molar refractivity (Wildman–Crippen MR) is 39.1 cm³/mol. The van der Waals surface area contributed by atoms with E-state index in [0.29, 0.717) is 5.02 Å². The van der Waals surface area contributed by atoms with Crippen molar-refractivity contribution in [1.29, 1.82) is 0 Å². The molecule has 0 aliphatic carbocycles. The molecule has 1 rings (SSSR count). The van der Waals surface area contributed by atoms with E-state index in [4.69, 9.17) is 21.6 Å². The Balaban J connectivity index is 3.03. The number of rotatable bonds is 1.